The van der Waals surface area contributed by atoms with E-state index in [9.17, 15) is 0 Å². The number of nitrogens with one attached hydrogen (secondary N) is 1. The zero-order chi connectivity index (χ0) is 16.4. The van der Waals surface area contributed by atoms with Crippen LogP contribution >= 0.6 is 0 Å². The summed E-state index contributed by atoms with van der Waals surface area (Å²) in [6.07, 6.45) is 8.01. The van der Waals surface area contributed by atoms with Crippen LogP contribution in [0.25, 0.3) is 11.3 Å². The molecule has 6 nitrogen and oxygen atoms in total. The predicted octanol–water partition coefficient (Wildman–Crippen LogP) is 1.94. The SMILES string of the molecule is CN1CCC(N2CCOCC2c2ncc(-c3cccnc3)[nH]2)CC1. The molecular weight excluding hydrogens is 302 g/mol. The van der Waals surface area contributed by atoms with Gasteiger partial charge in [0.15, 0.2) is 0 Å². The number of imidazole rings is 1. The van der Waals surface area contributed by atoms with E-state index < -0.39 is 0 Å². The van der Waals surface area contributed by atoms with E-state index in [2.05, 4.69) is 37.9 Å². The number of pyridine rings is 1. The Balaban J connectivity index is 1.54. The summed E-state index contributed by atoms with van der Waals surface area (Å²) in [5.41, 5.74) is 2.09. The van der Waals surface area contributed by atoms with Gasteiger partial charge in [0.2, 0.25) is 0 Å². The molecule has 24 heavy (non-hydrogen) atoms. The fourth-order valence-corrected chi connectivity index (χ4v) is 3.79. The van der Waals surface area contributed by atoms with Crippen molar-refractivity contribution in [3.05, 3.63) is 36.5 Å². The molecule has 2 aliphatic heterocycles. The number of H-pyrrole nitrogens is 1. The molecule has 6 heteroatoms. The van der Waals surface area contributed by atoms with E-state index >= 15 is 0 Å². The molecule has 1 N–H and O–H groups in total. The smallest absolute Gasteiger partial charge is 0.126 e. The first kappa shape index (κ1) is 15.7. The van der Waals surface area contributed by atoms with Crippen LogP contribution in [0.4, 0.5) is 0 Å². The molecular formula is C18H25N5O. The van der Waals surface area contributed by atoms with Crippen LogP contribution in [0.5, 0.6) is 0 Å². The van der Waals surface area contributed by atoms with Gasteiger partial charge >= 0.3 is 0 Å². The lowest BCUT2D eigenvalue weighted by atomic mass is 10.0. The summed E-state index contributed by atoms with van der Waals surface area (Å²) in [7, 11) is 2.21. The van der Waals surface area contributed by atoms with Gasteiger partial charge in [-0.25, -0.2) is 4.98 Å². The predicted molar refractivity (Wildman–Crippen MR) is 92.6 cm³/mol. The van der Waals surface area contributed by atoms with Crippen LogP contribution in [-0.4, -0.2) is 70.7 Å². The summed E-state index contributed by atoms with van der Waals surface area (Å²) in [4.78, 5) is 17.4. The maximum absolute atomic E-state index is 5.77. The zero-order valence-electron chi connectivity index (χ0n) is 14.2. The fraction of sp³-hybridized carbons (Fsp3) is 0.556. The van der Waals surface area contributed by atoms with Crippen molar-refractivity contribution in [2.24, 2.45) is 0 Å². The van der Waals surface area contributed by atoms with Gasteiger partial charge < -0.3 is 14.6 Å². The molecule has 0 spiro atoms. The maximum Gasteiger partial charge on any atom is 0.126 e. The summed E-state index contributed by atoms with van der Waals surface area (Å²) in [6, 6.07) is 4.85. The number of likely N-dealkylation sites (tertiary alicyclic amines) is 1. The number of morpholine rings is 1. The Hall–Kier alpha value is -1.76. The minimum Gasteiger partial charge on any atom is -0.378 e. The van der Waals surface area contributed by atoms with Gasteiger partial charge in [0, 0.05) is 30.5 Å². The van der Waals surface area contributed by atoms with Crippen LogP contribution in [0.3, 0.4) is 0 Å². The second-order valence-corrected chi connectivity index (χ2v) is 6.79. The summed E-state index contributed by atoms with van der Waals surface area (Å²) < 4.78 is 5.77. The van der Waals surface area contributed by atoms with E-state index in [0.29, 0.717) is 12.6 Å². The van der Waals surface area contributed by atoms with Crippen LogP contribution in [0.15, 0.2) is 30.7 Å². The highest BCUT2D eigenvalue weighted by Gasteiger charge is 2.33. The number of rotatable bonds is 3. The Kier molecular flexibility index (Phi) is 4.60. The lowest BCUT2D eigenvalue weighted by Crippen LogP contribution is -2.50. The second kappa shape index (κ2) is 7.01. The highest BCUT2D eigenvalue weighted by molar-refractivity contribution is 5.56. The third-order valence-electron chi connectivity index (χ3n) is 5.21. The van der Waals surface area contributed by atoms with Crippen molar-refractivity contribution in [1.29, 1.82) is 0 Å². The standard InChI is InChI=1S/C18H25N5O/c1-22-7-4-15(5-8-22)23-9-10-24-13-17(23)18-20-12-16(21-18)14-3-2-6-19-11-14/h2-3,6,11-12,15,17H,4-5,7-10,13H2,1H3,(H,20,21). The molecule has 0 aliphatic carbocycles. The maximum atomic E-state index is 5.77. The van der Waals surface area contributed by atoms with Crippen molar-refractivity contribution in [2.45, 2.75) is 24.9 Å². The number of ether oxygens (including phenoxy) is 1. The minimum absolute atomic E-state index is 0.220. The molecule has 0 saturated carbocycles. The molecule has 2 aliphatic rings. The Morgan fingerprint density at radius 1 is 1.21 bits per heavy atom. The third kappa shape index (κ3) is 3.22. The number of aromatic nitrogens is 3. The van der Waals surface area contributed by atoms with Crippen LogP contribution in [0.1, 0.15) is 24.7 Å². The number of aromatic amines is 1. The third-order valence-corrected chi connectivity index (χ3v) is 5.21. The van der Waals surface area contributed by atoms with Gasteiger partial charge in [-0.1, -0.05) is 0 Å². The Bertz CT molecular complexity index is 650. The molecule has 1 unspecified atom stereocenters. The second-order valence-electron chi connectivity index (χ2n) is 6.79. The van der Waals surface area contributed by atoms with Crippen molar-refractivity contribution in [3.8, 4) is 11.3 Å². The highest BCUT2D eigenvalue weighted by Crippen LogP contribution is 2.29. The molecule has 1 atom stereocenters. The molecule has 2 aromatic rings. The van der Waals surface area contributed by atoms with Gasteiger partial charge in [0.25, 0.3) is 0 Å². The molecule has 0 amide bonds. The molecule has 2 aromatic heterocycles. The average molecular weight is 327 g/mol. The number of hydrogen-bond acceptors (Lipinski definition) is 5. The van der Waals surface area contributed by atoms with Crippen molar-refractivity contribution in [2.75, 3.05) is 39.9 Å². The summed E-state index contributed by atoms with van der Waals surface area (Å²) in [5.74, 6) is 1.01. The van der Waals surface area contributed by atoms with Gasteiger partial charge in [-0.3, -0.25) is 9.88 Å². The fourth-order valence-electron chi connectivity index (χ4n) is 3.79. The molecule has 0 aromatic carbocycles. The van der Waals surface area contributed by atoms with E-state index in [1.807, 2.05) is 18.5 Å². The highest BCUT2D eigenvalue weighted by atomic mass is 16.5. The number of piperidine rings is 1. The van der Waals surface area contributed by atoms with E-state index in [0.717, 1.165) is 30.2 Å². The molecule has 0 bridgehead atoms. The Morgan fingerprint density at radius 2 is 2.08 bits per heavy atom. The largest absolute Gasteiger partial charge is 0.378 e. The van der Waals surface area contributed by atoms with E-state index in [4.69, 9.17) is 4.74 Å². The molecule has 0 radical (unpaired) electrons. The summed E-state index contributed by atoms with van der Waals surface area (Å²) in [5, 5.41) is 0. The zero-order valence-corrected chi connectivity index (χ0v) is 14.2. The van der Waals surface area contributed by atoms with Crippen molar-refractivity contribution < 1.29 is 4.74 Å². The van der Waals surface area contributed by atoms with E-state index in [-0.39, 0.29) is 6.04 Å². The van der Waals surface area contributed by atoms with Gasteiger partial charge in [-0.2, -0.15) is 0 Å². The van der Waals surface area contributed by atoms with Gasteiger partial charge in [0.05, 0.1) is 31.1 Å². The molecule has 4 rings (SSSR count). The molecule has 128 valence electrons. The Labute approximate surface area is 142 Å². The van der Waals surface area contributed by atoms with E-state index in [1.54, 1.807) is 6.20 Å². The van der Waals surface area contributed by atoms with Crippen molar-refractivity contribution in [1.82, 2.24) is 24.8 Å². The monoisotopic (exact) mass is 327 g/mol. The lowest BCUT2D eigenvalue weighted by Gasteiger charge is -2.43. The van der Waals surface area contributed by atoms with Gasteiger partial charge in [-0.05, 0) is 45.1 Å². The topological polar surface area (TPSA) is 57.3 Å². The average Bonchev–Trinajstić information content (AvgIpc) is 3.13. The lowest BCUT2D eigenvalue weighted by molar-refractivity contribution is -0.0441. The molecule has 4 heterocycles. The normalized spacial score (nSPS) is 24.3. The van der Waals surface area contributed by atoms with Crippen LogP contribution in [0, 0.1) is 0 Å². The first-order valence-corrected chi connectivity index (χ1v) is 8.78. The van der Waals surface area contributed by atoms with Crippen molar-refractivity contribution >= 4 is 0 Å². The molecule has 2 saturated heterocycles. The molecule has 2 fully saturated rings. The van der Waals surface area contributed by atoms with Crippen LogP contribution in [-0.2, 0) is 4.74 Å². The number of hydrogen-bond donors (Lipinski definition) is 1. The van der Waals surface area contributed by atoms with Crippen molar-refractivity contribution in [3.63, 3.8) is 0 Å². The first-order chi connectivity index (χ1) is 11.8. The summed E-state index contributed by atoms with van der Waals surface area (Å²) in [6.45, 7) is 4.87. The Morgan fingerprint density at radius 3 is 2.88 bits per heavy atom. The van der Waals surface area contributed by atoms with E-state index in [1.165, 1.54) is 25.9 Å². The van der Waals surface area contributed by atoms with Crippen LogP contribution < -0.4 is 0 Å². The van der Waals surface area contributed by atoms with Crippen LogP contribution in [0.2, 0.25) is 0 Å². The van der Waals surface area contributed by atoms with Gasteiger partial charge in [0.1, 0.15) is 5.82 Å². The summed E-state index contributed by atoms with van der Waals surface area (Å²) >= 11 is 0. The minimum atomic E-state index is 0.220. The van der Waals surface area contributed by atoms with Gasteiger partial charge in [-0.15, -0.1) is 0 Å². The number of nitrogens with zero attached hydrogens (tertiary/aromatic N) is 4. The quantitative estimate of drug-likeness (QED) is 0.934. The first-order valence-electron chi connectivity index (χ1n) is 8.78.